The average Bonchev–Trinajstić information content (AvgIpc) is 2.42. The predicted octanol–water partition coefficient (Wildman–Crippen LogP) is 1.19. The molecule has 1 aliphatic heterocycles. The van der Waals surface area contributed by atoms with Crippen LogP contribution in [-0.2, 0) is 11.2 Å². The molecule has 3 rings (SSSR count). The molecule has 0 aromatic heterocycles. The molecule has 4 heteroatoms. The number of rotatable bonds is 3. The lowest BCUT2D eigenvalue weighted by atomic mass is 9.80. The van der Waals surface area contributed by atoms with Crippen LogP contribution in [0.1, 0.15) is 29.3 Å². The maximum atomic E-state index is 12.6. The summed E-state index contributed by atoms with van der Waals surface area (Å²) in [6.07, 6.45) is 1.86. The standard InChI is InChI=1S/C15H20N2O2/c1-2-19-13-9-12(16)14(13)17-8-7-10-5-3-4-6-11(10)15(17)18/h3-6,12-14H,2,7-9,16H2,1H3. The summed E-state index contributed by atoms with van der Waals surface area (Å²) in [6.45, 7) is 3.40. The maximum absolute atomic E-state index is 12.6. The molecule has 0 saturated heterocycles. The van der Waals surface area contributed by atoms with Crippen molar-refractivity contribution in [3.8, 4) is 0 Å². The Hall–Kier alpha value is -1.39. The minimum atomic E-state index is 0.0424. The largest absolute Gasteiger partial charge is 0.376 e. The minimum absolute atomic E-state index is 0.0424. The Morgan fingerprint density at radius 3 is 2.95 bits per heavy atom. The Morgan fingerprint density at radius 2 is 2.21 bits per heavy atom. The van der Waals surface area contributed by atoms with Crippen LogP contribution >= 0.6 is 0 Å². The van der Waals surface area contributed by atoms with E-state index in [1.165, 1.54) is 0 Å². The monoisotopic (exact) mass is 260 g/mol. The van der Waals surface area contributed by atoms with Gasteiger partial charge < -0.3 is 15.4 Å². The fraction of sp³-hybridized carbons (Fsp3) is 0.533. The molecule has 0 radical (unpaired) electrons. The molecular formula is C15H20N2O2. The lowest BCUT2D eigenvalue weighted by molar-refractivity contribution is -0.0706. The van der Waals surface area contributed by atoms with E-state index in [0.717, 1.165) is 30.5 Å². The number of nitrogens with two attached hydrogens (primary N) is 1. The highest BCUT2D eigenvalue weighted by Gasteiger charge is 2.46. The van der Waals surface area contributed by atoms with Gasteiger partial charge in [0, 0.05) is 24.8 Å². The second-order valence-corrected chi connectivity index (χ2v) is 5.29. The second kappa shape index (κ2) is 4.94. The number of ether oxygens (including phenoxy) is 1. The van der Waals surface area contributed by atoms with E-state index in [4.69, 9.17) is 10.5 Å². The summed E-state index contributed by atoms with van der Waals surface area (Å²) < 4.78 is 5.68. The van der Waals surface area contributed by atoms with Gasteiger partial charge in [-0.3, -0.25) is 4.79 Å². The molecular weight excluding hydrogens is 240 g/mol. The van der Waals surface area contributed by atoms with Gasteiger partial charge in [-0.1, -0.05) is 18.2 Å². The fourth-order valence-electron chi connectivity index (χ4n) is 3.17. The van der Waals surface area contributed by atoms with Crippen LogP contribution in [0.2, 0.25) is 0 Å². The molecule has 1 aromatic rings. The summed E-state index contributed by atoms with van der Waals surface area (Å²) in [4.78, 5) is 14.5. The number of nitrogens with zero attached hydrogens (tertiary/aromatic N) is 1. The van der Waals surface area contributed by atoms with E-state index in [9.17, 15) is 4.79 Å². The molecule has 1 aromatic carbocycles. The van der Waals surface area contributed by atoms with Crippen LogP contribution in [0.4, 0.5) is 0 Å². The summed E-state index contributed by atoms with van der Waals surface area (Å²) in [6, 6.07) is 7.93. The highest BCUT2D eigenvalue weighted by Crippen LogP contribution is 2.31. The minimum Gasteiger partial charge on any atom is -0.376 e. The summed E-state index contributed by atoms with van der Waals surface area (Å²) in [5.41, 5.74) is 8.05. The molecule has 0 bridgehead atoms. The van der Waals surface area contributed by atoms with Crippen molar-refractivity contribution in [3.05, 3.63) is 35.4 Å². The smallest absolute Gasteiger partial charge is 0.254 e. The molecule has 1 aliphatic carbocycles. The molecule has 1 heterocycles. The summed E-state index contributed by atoms with van der Waals surface area (Å²) >= 11 is 0. The Balaban J connectivity index is 1.82. The van der Waals surface area contributed by atoms with Crippen molar-refractivity contribution in [1.82, 2.24) is 4.90 Å². The second-order valence-electron chi connectivity index (χ2n) is 5.29. The van der Waals surface area contributed by atoms with Crippen molar-refractivity contribution in [3.63, 3.8) is 0 Å². The topological polar surface area (TPSA) is 55.6 Å². The molecule has 2 aliphatic rings. The maximum Gasteiger partial charge on any atom is 0.254 e. The predicted molar refractivity (Wildman–Crippen MR) is 73.0 cm³/mol. The van der Waals surface area contributed by atoms with Gasteiger partial charge in [-0.15, -0.1) is 0 Å². The Bertz CT molecular complexity index is 487. The summed E-state index contributed by atoms with van der Waals surface area (Å²) in [5, 5.41) is 0. The van der Waals surface area contributed by atoms with Crippen molar-refractivity contribution in [2.24, 2.45) is 5.73 Å². The zero-order chi connectivity index (χ0) is 13.4. The van der Waals surface area contributed by atoms with Crippen molar-refractivity contribution in [2.45, 2.75) is 38.0 Å². The normalized spacial score (nSPS) is 29.9. The van der Waals surface area contributed by atoms with E-state index in [-0.39, 0.29) is 24.1 Å². The van der Waals surface area contributed by atoms with Crippen molar-refractivity contribution < 1.29 is 9.53 Å². The van der Waals surface area contributed by atoms with Gasteiger partial charge in [0.1, 0.15) is 0 Å². The van der Waals surface area contributed by atoms with Crippen molar-refractivity contribution >= 4 is 5.91 Å². The zero-order valence-electron chi connectivity index (χ0n) is 11.2. The third-order valence-electron chi connectivity index (χ3n) is 4.20. The molecule has 1 fully saturated rings. The van der Waals surface area contributed by atoms with Crippen molar-refractivity contribution in [2.75, 3.05) is 13.2 Å². The van der Waals surface area contributed by atoms with E-state index >= 15 is 0 Å². The van der Waals surface area contributed by atoms with Gasteiger partial charge in [0.15, 0.2) is 0 Å². The average molecular weight is 260 g/mol. The number of hydrogen-bond donors (Lipinski definition) is 1. The third kappa shape index (κ3) is 2.05. The Morgan fingerprint density at radius 1 is 1.42 bits per heavy atom. The molecule has 19 heavy (non-hydrogen) atoms. The van der Waals surface area contributed by atoms with Gasteiger partial charge in [0.25, 0.3) is 5.91 Å². The highest BCUT2D eigenvalue weighted by atomic mass is 16.5. The van der Waals surface area contributed by atoms with Gasteiger partial charge in [0.05, 0.1) is 12.1 Å². The lowest BCUT2D eigenvalue weighted by Gasteiger charge is -2.49. The first-order valence-corrected chi connectivity index (χ1v) is 6.98. The molecule has 3 unspecified atom stereocenters. The number of hydrogen-bond acceptors (Lipinski definition) is 3. The van der Waals surface area contributed by atoms with Crippen LogP contribution in [0.3, 0.4) is 0 Å². The molecule has 1 amide bonds. The molecule has 4 nitrogen and oxygen atoms in total. The third-order valence-corrected chi connectivity index (χ3v) is 4.20. The van der Waals surface area contributed by atoms with Gasteiger partial charge in [-0.25, -0.2) is 0 Å². The van der Waals surface area contributed by atoms with Crippen molar-refractivity contribution in [1.29, 1.82) is 0 Å². The van der Waals surface area contributed by atoms with Gasteiger partial charge in [-0.2, -0.15) is 0 Å². The lowest BCUT2D eigenvalue weighted by Crippen LogP contribution is -2.66. The number of benzene rings is 1. The van der Waals surface area contributed by atoms with Crippen LogP contribution in [0.25, 0.3) is 0 Å². The van der Waals surface area contributed by atoms with Crippen LogP contribution in [0.15, 0.2) is 24.3 Å². The number of carbonyl (C=O) groups excluding carboxylic acids is 1. The van der Waals surface area contributed by atoms with Crippen LogP contribution in [0, 0.1) is 0 Å². The number of carbonyl (C=O) groups is 1. The summed E-state index contributed by atoms with van der Waals surface area (Å²) in [7, 11) is 0. The SMILES string of the molecule is CCOC1CC(N)C1N1CCc2ccccc2C1=O. The van der Waals surface area contributed by atoms with Gasteiger partial charge >= 0.3 is 0 Å². The Kier molecular flexibility index (Phi) is 3.29. The first kappa shape index (κ1) is 12.6. The van der Waals surface area contributed by atoms with E-state index < -0.39 is 0 Å². The molecule has 2 N–H and O–H groups in total. The first-order valence-electron chi connectivity index (χ1n) is 6.98. The van der Waals surface area contributed by atoms with Crippen LogP contribution < -0.4 is 5.73 Å². The molecule has 102 valence electrons. The fourth-order valence-corrected chi connectivity index (χ4v) is 3.17. The summed E-state index contributed by atoms with van der Waals surface area (Å²) in [5.74, 6) is 0.103. The van der Waals surface area contributed by atoms with Crippen LogP contribution in [-0.4, -0.2) is 42.1 Å². The van der Waals surface area contributed by atoms with E-state index in [1.54, 1.807) is 0 Å². The molecule has 0 spiro atoms. The molecule has 3 atom stereocenters. The zero-order valence-corrected chi connectivity index (χ0v) is 11.2. The first-order chi connectivity index (χ1) is 9.22. The number of fused-ring (bicyclic) bond motifs is 1. The van der Waals surface area contributed by atoms with Gasteiger partial charge in [0.2, 0.25) is 0 Å². The van der Waals surface area contributed by atoms with Crippen LogP contribution in [0.5, 0.6) is 0 Å². The quantitative estimate of drug-likeness (QED) is 0.888. The number of amides is 1. The van der Waals surface area contributed by atoms with E-state index in [2.05, 4.69) is 0 Å². The molecule has 1 saturated carbocycles. The van der Waals surface area contributed by atoms with E-state index in [0.29, 0.717) is 6.61 Å². The Labute approximate surface area is 113 Å². The highest BCUT2D eigenvalue weighted by molar-refractivity contribution is 5.97. The van der Waals surface area contributed by atoms with Gasteiger partial charge in [-0.05, 0) is 31.4 Å². The van der Waals surface area contributed by atoms with E-state index in [1.807, 2.05) is 36.1 Å².